The zero-order valence-electron chi connectivity index (χ0n) is 9.08. The third-order valence-corrected chi connectivity index (χ3v) is 3.78. The van der Waals surface area contributed by atoms with E-state index < -0.39 is 0 Å². The number of hydrogen-bond donors (Lipinski definition) is 2. The second kappa shape index (κ2) is 4.60. The predicted molar refractivity (Wildman–Crippen MR) is 57.3 cm³/mol. The van der Waals surface area contributed by atoms with E-state index in [-0.39, 0.29) is 0 Å². The Morgan fingerprint density at radius 1 is 1.36 bits per heavy atom. The molecule has 2 aliphatic rings. The molecule has 14 heavy (non-hydrogen) atoms. The first-order valence-electron chi connectivity index (χ1n) is 5.93. The van der Waals surface area contributed by atoms with Gasteiger partial charge in [0.2, 0.25) is 0 Å². The van der Waals surface area contributed by atoms with Crippen LogP contribution in [0.3, 0.4) is 0 Å². The van der Waals surface area contributed by atoms with Gasteiger partial charge in [0, 0.05) is 18.1 Å². The molecule has 2 aliphatic heterocycles. The Hall–Kier alpha value is -0.120. The summed E-state index contributed by atoms with van der Waals surface area (Å²) >= 11 is 0. The molecule has 2 unspecified atom stereocenters. The second-order valence-corrected chi connectivity index (χ2v) is 4.67. The van der Waals surface area contributed by atoms with E-state index in [4.69, 9.17) is 0 Å². The fourth-order valence-electron chi connectivity index (χ4n) is 2.97. The van der Waals surface area contributed by atoms with Gasteiger partial charge in [0.25, 0.3) is 0 Å². The van der Waals surface area contributed by atoms with Gasteiger partial charge in [-0.3, -0.25) is 4.90 Å². The van der Waals surface area contributed by atoms with Crippen molar-refractivity contribution in [1.82, 2.24) is 10.2 Å². The van der Waals surface area contributed by atoms with E-state index in [0.717, 1.165) is 6.54 Å². The van der Waals surface area contributed by atoms with Crippen molar-refractivity contribution in [2.24, 2.45) is 0 Å². The van der Waals surface area contributed by atoms with E-state index >= 15 is 0 Å². The van der Waals surface area contributed by atoms with Gasteiger partial charge < -0.3 is 10.4 Å². The highest BCUT2D eigenvalue weighted by Gasteiger charge is 2.34. The Kier molecular flexibility index (Phi) is 3.42. The lowest BCUT2D eigenvalue weighted by molar-refractivity contribution is 0.0845. The molecule has 0 aromatic heterocycles. The second-order valence-electron chi connectivity index (χ2n) is 4.67. The SMILES string of the molecule is CC1NCCCC1N1CCC[C@@H]1CO. The van der Waals surface area contributed by atoms with Crippen LogP contribution in [0.15, 0.2) is 0 Å². The minimum absolute atomic E-state index is 0.337. The van der Waals surface area contributed by atoms with Crippen molar-refractivity contribution in [1.29, 1.82) is 0 Å². The molecule has 2 rings (SSSR count). The number of aliphatic hydroxyl groups excluding tert-OH is 1. The number of piperidine rings is 1. The highest BCUT2D eigenvalue weighted by molar-refractivity contribution is 4.91. The van der Waals surface area contributed by atoms with Crippen molar-refractivity contribution >= 4 is 0 Å². The number of aliphatic hydroxyl groups is 1. The van der Waals surface area contributed by atoms with E-state index in [1.165, 1.54) is 32.2 Å². The average Bonchev–Trinajstić information content (AvgIpc) is 2.66. The molecular formula is C11H22N2O. The molecule has 0 bridgehead atoms. The molecule has 0 spiro atoms. The van der Waals surface area contributed by atoms with Gasteiger partial charge in [-0.05, 0) is 45.7 Å². The van der Waals surface area contributed by atoms with Gasteiger partial charge >= 0.3 is 0 Å². The summed E-state index contributed by atoms with van der Waals surface area (Å²) in [5.41, 5.74) is 0. The molecule has 2 heterocycles. The number of rotatable bonds is 2. The summed E-state index contributed by atoms with van der Waals surface area (Å²) in [6.45, 7) is 4.96. The highest BCUT2D eigenvalue weighted by atomic mass is 16.3. The molecule has 3 nitrogen and oxygen atoms in total. The molecule has 0 amide bonds. The van der Waals surface area contributed by atoms with Gasteiger partial charge in [-0.1, -0.05) is 0 Å². The molecule has 2 N–H and O–H groups in total. The zero-order chi connectivity index (χ0) is 9.97. The van der Waals surface area contributed by atoms with Crippen molar-refractivity contribution in [2.75, 3.05) is 19.7 Å². The van der Waals surface area contributed by atoms with Crippen LogP contribution in [0.2, 0.25) is 0 Å². The number of nitrogens with one attached hydrogen (secondary N) is 1. The summed E-state index contributed by atoms with van der Waals surface area (Å²) in [7, 11) is 0. The van der Waals surface area contributed by atoms with Gasteiger partial charge in [0.15, 0.2) is 0 Å². The van der Waals surface area contributed by atoms with Crippen LogP contribution in [0, 0.1) is 0 Å². The molecule has 3 heteroatoms. The maximum atomic E-state index is 9.29. The van der Waals surface area contributed by atoms with Crippen molar-refractivity contribution in [3.63, 3.8) is 0 Å². The summed E-state index contributed by atoms with van der Waals surface area (Å²) < 4.78 is 0. The number of hydrogen-bond acceptors (Lipinski definition) is 3. The maximum absolute atomic E-state index is 9.29. The van der Waals surface area contributed by atoms with Crippen LogP contribution in [0.5, 0.6) is 0 Å². The lowest BCUT2D eigenvalue weighted by Gasteiger charge is -2.39. The summed E-state index contributed by atoms with van der Waals surface area (Å²) in [6, 6.07) is 1.68. The Morgan fingerprint density at radius 3 is 2.93 bits per heavy atom. The normalized spacial score (nSPS) is 40.3. The quantitative estimate of drug-likeness (QED) is 0.681. The van der Waals surface area contributed by atoms with Crippen LogP contribution in [0.25, 0.3) is 0 Å². The van der Waals surface area contributed by atoms with E-state index in [1.807, 2.05) is 0 Å². The Morgan fingerprint density at radius 2 is 2.21 bits per heavy atom. The van der Waals surface area contributed by atoms with Gasteiger partial charge in [0.05, 0.1) is 6.61 Å². The van der Waals surface area contributed by atoms with Crippen molar-refractivity contribution in [3.05, 3.63) is 0 Å². The van der Waals surface area contributed by atoms with Gasteiger partial charge in [-0.15, -0.1) is 0 Å². The fraction of sp³-hybridized carbons (Fsp3) is 1.00. The predicted octanol–water partition coefficient (Wildman–Crippen LogP) is 0.584. The number of likely N-dealkylation sites (tertiary alicyclic amines) is 1. The molecular weight excluding hydrogens is 176 g/mol. The standard InChI is InChI=1S/C11H22N2O/c1-9-11(5-2-6-12-9)13-7-3-4-10(13)8-14/h9-12,14H,2-8H2,1H3/t9?,10-,11?/m1/s1. The van der Waals surface area contributed by atoms with E-state index in [1.54, 1.807) is 0 Å². The highest BCUT2D eigenvalue weighted by Crippen LogP contribution is 2.25. The number of nitrogens with zero attached hydrogens (tertiary/aromatic N) is 1. The molecule has 2 saturated heterocycles. The third-order valence-electron chi connectivity index (χ3n) is 3.78. The van der Waals surface area contributed by atoms with Gasteiger partial charge in [-0.2, -0.15) is 0 Å². The van der Waals surface area contributed by atoms with Crippen LogP contribution in [-0.2, 0) is 0 Å². The average molecular weight is 198 g/mol. The first-order valence-corrected chi connectivity index (χ1v) is 5.93. The molecule has 2 fully saturated rings. The lowest BCUT2D eigenvalue weighted by atomic mass is 9.97. The Bertz CT molecular complexity index is 186. The van der Waals surface area contributed by atoms with E-state index in [0.29, 0.717) is 24.7 Å². The smallest absolute Gasteiger partial charge is 0.0587 e. The molecule has 82 valence electrons. The summed E-state index contributed by atoms with van der Waals surface area (Å²) in [6.07, 6.45) is 5.02. The van der Waals surface area contributed by atoms with E-state index in [2.05, 4.69) is 17.1 Å². The Labute approximate surface area is 86.5 Å². The molecule has 0 aromatic carbocycles. The van der Waals surface area contributed by atoms with Crippen LogP contribution in [-0.4, -0.2) is 47.8 Å². The third kappa shape index (κ3) is 1.95. The zero-order valence-corrected chi connectivity index (χ0v) is 9.08. The molecule has 0 radical (unpaired) electrons. The molecule has 0 aromatic rings. The monoisotopic (exact) mass is 198 g/mol. The molecule has 0 aliphatic carbocycles. The van der Waals surface area contributed by atoms with Gasteiger partial charge in [0.1, 0.15) is 0 Å². The van der Waals surface area contributed by atoms with Gasteiger partial charge in [-0.25, -0.2) is 0 Å². The maximum Gasteiger partial charge on any atom is 0.0587 e. The Balaban J connectivity index is 1.97. The first-order chi connectivity index (χ1) is 6.83. The molecule has 0 saturated carbocycles. The van der Waals surface area contributed by atoms with E-state index in [9.17, 15) is 5.11 Å². The fourth-order valence-corrected chi connectivity index (χ4v) is 2.97. The summed E-state index contributed by atoms with van der Waals surface area (Å²) in [4.78, 5) is 2.52. The largest absolute Gasteiger partial charge is 0.395 e. The summed E-state index contributed by atoms with van der Waals surface area (Å²) in [5, 5.41) is 12.8. The minimum Gasteiger partial charge on any atom is -0.395 e. The topological polar surface area (TPSA) is 35.5 Å². The van der Waals surface area contributed by atoms with Crippen LogP contribution >= 0.6 is 0 Å². The first kappa shape index (κ1) is 10.4. The van der Waals surface area contributed by atoms with Crippen LogP contribution in [0.4, 0.5) is 0 Å². The summed E-state index contributed by atoms with van der Waals surface area (Å²) in [5.74, 6) is 0. The van der Waals surface area contributed by atoms with Crippen LogP contribution in [0.1, 0.15) is 32.6 Å². The lowest BCUT2D eigenvalue weighted by Crippen LogP contribution is -2.54. The minimum atomic E-state index is 0.337. The van der Waals surface area contributed by atoms with Crippen LogP contribution < -0.4 is 5.32 Å². The van der Waals surface area contributed by atoms with Crippen molar-refractivity contribution in [3.8, 4) is 0 Å². The molecule has 3 atom stereocenters. The van der Waals surface area contributed by atoms with Crippen molar-refractivity contribution in [2.45, 2.75) is 50.7 Å². The van der Waals surface area contributed by atoms with Crippen molar-refractivity contribution < 1.29 is 5.11 Å².